The Bertz CT molecular complexity index is 1370. The van der Waals surface area contributed by atoms with E-state index in [0.29, 0.717) is 17.6 Å². The molecule has 0 aliphatic carbocycles. The van der Waals surface area contributed by atoms with Gasteiger partial charge in [0, 0.05) is 24.8 Å². The number of hydrogen-bond acceptors (Lipinski definition) is 4. The third-order valence-electron chi connectivity index (χ3n) is 4.87. The molecule has 3 aromatic heterocycles. The van der Waals surface area contributed by atoms with Gasteiger partial charge in [-0.3, -0.25) is 14.0 Å². The van der Waals surface area contributed by atoms with Crippen LogP contribution < -0.4 is 5.56 Å². The molecule has 3 heterocycles. The number of hydrogen-bond donors (Lipinski definition) is 0. The molecule has 28 heavy (non-hydrogen) atoms. The molecule has 0 fully saturated rings. The normalized spacial score (nSPS) is 11.3. The summed E-state index contributed by atoms with van der Waals surface area (Å²) >= 11 is 0. The van der Waals surface area contributed by atoms with E-state index < -0.39 is 0 Å². The smallest absolute Gasteiger partial charge is 0.280 e. The predicted octanol–water partition coefficient (Wildman–Crippen LogP) is 3.39. The van der Waals surface area contributed by atoms with Crippen molar-refractivity contribution in [1.29, 1.82) is 0 Å². The lowest BCUT2D eigenvalue weighted by Crippen LogP contribution is -2.21. The van der Waals surface area contributed by atoms with Crippen LogP contribution in [-0.2, 0) is 13.6 Å². The Morgan fingerprint density at radius 2 is 1.75 bits per heavy atom. The maximum Gasteiger partial charge on any atom is 0.280 e. The van der Waals surface area contributed by atoms with Gasteiger partial charge < -0.3 is 0 Å². The summed E-state index contributed by atoms with van der Waals surface area (Å²) in [5, 5.41) is 5.60. The number of aryl methyl sites for hydroxylation is 1. The maximum atomic E-state index is 12.6. The average Bonchev–Trinajstić information content (AvgIpc) is 3.11. The fourth-order valence-corrected chi connectivity index (χ4v) is 3.50. The van der Waals surface area contributed by atoms with Crippen LogP contribution in [0.5, 0.6) is 0 Å². The van der Waals surface area contributed by atoms with Gasteiger partial charge in [-0.1, -0.05) is 36.4 Å². The molecular formula is C22H17N5O. The van der Waals surface area contributed by atoms with Crippen LogP contribution in [-0.4, -0.2) is 24.3 Å². The molecule has 0 saturated carbocycles. The second-order valence-corrected chi connectivity index (χ2v) is 6.79. The average molecular weight is 367 g/mol. The standard InChI is InChI=1S/C22H17N5O/c1-26-13-18-17(4-2-5-19(18)25-26)16-9-7-15(8-10-16)12-27-14-24-20-6-3-11-23-21(20)22(27)28/h2-11,13-14H,12H2,1H3. The van der Waals surface area contributed by atoms with Gasteiger partial charge in [0.1, 0.15) is 0 Å². The molecule has 0 aliphatic heterocycles. The summed E-state index contributed by atoms with van der Waals surface area (Å²) in [6.07, 6.45) is 5.23. The number of fused-ring (bicyclic) bond motifs is 2. The van der Waals surface area contributed by atoms with Gasteiger partial charge in [0.05, 0.1) is 23.9 Å². The number of pyridine rings is 1. The second-order valence-electron chi connectivity index (χ2n) is 6.79. The molecule has 0 saturated heterocycles. The van der Waals surface area contributed by atoms with Gasteiger partial charge in [-0.05, 0) is 34.9 Å². The first kappa shape index (κ1) is 16.4. The van der Waals surface area contributed by atoms with Crippen molar-refractivity contribution in [3.63, 3.8) is 0 Å². The van der Waals surface area contributed by atoms with Crippen LogP contribution in [0.1, 0.15) is 5.56 Å². The Labute approximate surface area is 160 Å². The summed E-state index contributed by atoms with van der Waals surface area (Å²) in [6.45, 7) is 0.454. The highest BCUT2D eigenvalue weighted by Gasteiger charge is 2.08. The molecule has 5 rings (SSSR count). The summed E-state index contributed by atoms with van der Waals surface area (Å²) in [5.74, 6) is 0. The van der Waals surface area contributed by atoms with Gasteiger partial charge in [0.15, 0.2) is 5.52 Å². The van der Waals surface area contributed by atoms with E-state index in [1.54, 1.807) is 29.2 Å². The summed E-state index contributed by atoms with van der Waals surface area (Å²) < 4.78 is 3.42. The molecule has 0 bridgehead atoms. The highest BCUT2D eigenvalue weighted by Crippen LogP contribution is 2.28. The van der Waals surface area contributed by atoms with E-state index in [-0.39, 0.29) is 5.56 Å². The minimum atomic E-state index is -0.130. The van der Waals surface area contributed by atoms with Crippen LogP contribution in [0.15, 0.2) is 78.1 Å². The van der Waals surface area contributed by atoms with Crippen LogP contribution in [0.25, 0.3) is 33.1 Å². The highest BCUT2D eigenvalue weighted by atomic mass is 16.1. The Kier molecular flexibility index (Phi) is 3.76. The van der Waals surface area contributed by atoms with Crippen LogP contribution in [0.4, 0.5) is 0 Å². The van der Waals surface area contributed by atoms with E-state index in [1.807, 2.05) is 42.2 Å². The highest BCUT2D eigenvalue weighted by molar-refractivity contribution is 5.94. The van der Waals surface area contributed by atoms with Crippen molar-refractivity contribution in [3.05, 3.63) is 89.2 Å². The van der Waals surface area contributed by atoms with Crippen molar-refractivity contribution in [3.8, 4) is 11.1 Å². The van der Waals surface area contributed by atoms with Crippen molar-refractivity contribution in [2.75, 3.05) is 0 Å². The number of aromatic nitrogens is 5. The molecular weight excluding hydrogens is 350 g/mol. The Balaban J connectivity index is 1.49. The summed E-state index contributed by atoms with van der Waals surface area (Å²) in [7, 11) is 1.93. The van der Waals surface area contributed by atoms with Crippen molar-refractivity contribution >= 4 is 21.9 Å². The fraction of sp³-hybridized carbons (Fsp3) is 0.0909. The topological polar surface area (TPSA) is 65.6 Å². The molecule has 136 valence electrons. The summed E-state index contributed by atoms with van der Waals surface area (Å²) in [4.78, 5) is 21.1. The quantitative estimate of drug-likeness (QED) is 0.490. The third-order valence-corrected chi connectivity index (χ3v) is 4.87. The van der Waals surface area contributed by atoms with Gasteiger partial charge in [0.25, 0.3) is 5.56 Å². The maximum absolute atomic E-state index is 12.6. The zero-order chi connectivity index (χ0) is 19.1. The number of benzene rings is 2. The molecule has 5 aromatic rings. The monoisotopic (exact) mass is 367 g/mol. The lowest BCUT2D eigenvalue weighted by Gasteiger charge is -2.08. The Morgan fingerprint density at radius 3 is 2.61 bits per heavy atom. The molecule has 2 aromatic carbocycles. The SMILES string of the molecule is Cn1cc2c(-c3ccc(Cn4cnc5cccnc5c4=O)cc3)cccc2n1. The van der Waals surface area contributed by atoms with Gasteiger partial charge in [-0.15, -0.1) is 0 Å². The summed E-state index contributed by atoms with van der Waals surface area (Å²) in [6, 6.07) is 17.9. The molecule has 0 radical (unpaired) electrons. The van der Waals surface area contributed by atoms with Crippen LogP contribution in [0.3, 0.4) is 0 Å². The lowest BCUT2D eigenvalue weighted by molar-refractivity contribution is 0.746. The largest absolute Gasteiger partial charge is 0.293 e. The number of rotatable bonds is 3. The minimum Gasteiger partial charge on any atom is -0.293 e. The zero-order valence-corrected chi connectivity index (χ0v) is 15.3. The van der Waals surface area contributed by atoms with Gasteiger partial charge >= 0.3 is 0 Å². The van der Waals surface area contributed by atoms with E-state index in [1.165, 1.54) is 0 Å². The van der Waals surface area contributed by atoms with Crippen molar-refractivity contribution in [2.45, 2.75) is 6.54 Å². The summed E-state index contributed by atoms with van der Waals surface area (Å²) in [5.41, 5.74) is 5.15. The molecule has 0 amide bonds. The van der Waals surface area contributed by atoms with Crippen molar-refractivity contribution < 1.29 is 0 Å². The molecule has 0 N–H and O–H groups in total. The molecule has 6 heteroatoms. The van der Waals surface area contributed by atoms with E-state index in [4.69, 9.17) is 0 Å². The lowest BCUT2D eigenvalue weighted by atomic mass is 10.0. The first-order valence-electron chi connectivity index (χ1n) is 9.01. The predicted molar refractivity (Wildman–Crippen MR) is 109 cm³/mol. The molecule has 0 spiro atoms. The Morgan fingerprint density at radius 1 is 0.929 bits per heavy atom. The first-order valence-corrected chi connectivity index (χ1v) is 9.01. The second kappa shape index (κ2) is 6.42. The first-order chi connectivity index (χ1) is 13.7. The van der Waals surface area contributed by atoms with E-state index >= 15 is 0 Å². The van der Waals surface area contributed by atoms with Gasteiger partial charge in [-0.2, -0.15) is 5.10 Å². The number of nitrogens with zero attached hydrogens (tertiary/aromatic N) is 5. The van der Waals surface area contributed by atoms with Crippen LogP contribution in [0, 0.1) is 0 Å². The van der Waals surface area contributed by atoms with E-state index in [0.717, 1.165) is 27.6 Å². The molecule has 0 unspecified atom stereocenters. The van der Waals surface area contributed by atoms with E-state index in [9.17, 15) is 4.79 Å². The van der Waals surface area contributed by atoms with Crippen molar-refractivity contribution in [2.24, 2.45) is 7.05 Å². The van der Waals surface area contributed by atoms with Crippen molar-refractivity contribution in [1.82, 2.24) is 24.3 Å². The van der Waals surface area contributed by atoms with Gasteiger partial charge in [-0.25, -0.2) is 9.97 Å². The van der Waals surface area contributed by atoms with E-state index in [2.05, 4.69) is 33.3 Å². The van der Waals surface area contributed by atoms with Crippen LogP contribution >= 0.6 is 0 Å². The molecule has 0 aliphatic rings. The third kappa shape index (κ3) is 2.75. The fourth-order valence-electron chi connectivity index (χ4n) is 3.50. The zero-order valence-electron chi connectivity index (χ0n) is 15.3. The Hall–Kier alpha value is -3.80. The van der Waals surface area contributed by atoms with Gasteiger partial charge in [0.2, 0.25) is 0 Å². The molecule has 0 atom stereocenters. The molecule has 6 nitrogen and oxygen atoms in total. The minimum absolute atomic E-state index is 0.130. The van der Waals surface area contributed by atoms with Crippen LogP contribution in [0.2, 0.25) is 0 Å².